The average Bonchev–Trinajstić information content (AvgIpc) is 2.69. The largest absolute Gasteiger partial charge is 0.490 e. The number of benzene rings is 1. The zero-order valence-electron chi connectivity index (χ0n) is 17.7. The number of nitrogens with two attached hydrogens (primary N) is 1. The fourth-order valence-corrected chi connectivity index (χ4v) is 3.74. The van der Waals surface area contributed by atoms with E-state index in [1.807, 2.05) is 6.92 Å². The predicted octanol–water partition coefficient (Wildman–Crippen LogP) is 4.67. The maximum Gasteiger partial charge on any atom is 0.338 e. The van der Waals surface area contributed by atoms with Gasteiger partial charge in [-0.1, -0.05) is 13.3 Å². The summed E-state index contributed by atoms with van der Waals surface area (Å²) in [6, 6.07) is 5.65. The number of hydrogen-bond donors (Lipinski definition) is 1. The number of carbonyl (C=O) groups excluding carboxylic acids is 1. The number of allylic oxidation sites excluding steroid dienone is 2. The number of esters is 1. The van der Waals surface area contributed by atoms with E-state index in [2.05, 4.69) is 28.9 Å². The van der Waals surface area contributed by atoms with E-state index in [9.17, 15) is 10.1 Å². The Balaban J connectivity index is 2.62. The summed E-state index contributed by atoms with van der Waals surface area (Å²) in [5.41, 5.74) is 6.98. The molecular formula is C22H27BrN2O5. The van der Waals surface area contributed by atoms with E-state index < -0.39 is 11.9 Å². The van der Waals surface area contributed by atoms with E-state index in [1.165, 1.54) is 0 Å². The summed E-state index contributed by atoms with van der Waals surface area (Å²) >= 11 is 3.55. The molecule has 0 bridgehead atoms. The van der Waals surface area contributed by atoms with Crippen molar-refractivity contribution in [2.45, 2.75) is 46.5 Å². The molecule has 0 amide bonds. The molecule has 30 heavy (non-hydrogen) atoms. The fraction of sp³-hybridized carbons (Fsp3) is 0.455. The summed E-state index contributed by atoms with van der Waals surface area (Å²) in [5, 5.41) is 9.74. The van der Waals surface area contributed by atoms with Gasteiger partial charge in [0.25, 0.3) is 0 Å². The summed E-state index contributed by atoms with van der Waals surface area (Å²) in [7, 11) is 0. The van der Waals surface area contributed by atoms with Gasteiger partial charge >= 0.3 is 5.97 Å². The Hall–Kier alpha value is -2.66. The van der Waals surface area contributed by atoms with Gasteiger partial charge in [0.1, 0.15) is 17.4 Å². The van der Waals surface area contributed by atoms with E-state index in [0.717, 1.165) is 12.8 Å². The van der Waals surface area contributed by atoms with Crippen molar-refractivity contribution < 1.29 is 23.7 Å². The van der Waals surface area contributed by atoms with E-state index in [4.69, 9.17) is 24.7 Å². The van der Waals surface area contributed by atoms with Crippen LogP contribution >= 0.6 is 15.9 Å². The van der Waals surface area contributed by atoms with E-state index in [-0.39, 0.29) is 23.6 Å². The quantitative estimate of drug-likeness (QED) is 0.405. The first kappa shape index (κ1) is 23.6. The summed E-state index contributed by atoms with van der Waals surface area (Å²) in [6.45, 7) is 8.47. The summed E-state index contributed by atoms with van der Waals surface area (Å²) in [6.07, 6.45) is 1.91. The summed E-state index contributed by atoms with van der Waals surface area (Å²) in [4.78, 5) is 12.7. The standard InChI is InChI=1S/C22H27BrN2O5/c1-5-8-9-29-20-16(23)10-14(11-17(20)27-6-2)19-15(12-24)21(25)30-13(4)18(19)22(26)28-7-3/h10-11,19H,5-9,25H2,1-4H3. The summed E-state index contributed by atoms with van der Waals surface area (Å²) < 4.78 is 23.0. The average molecular weight is 479 g/mol. The Morgan fingerprint density at radius 3 is 2.60 bits per heavy atom. The van der Waals surface area contributed by atoms with Crippen molar-refractivity contribution in [3.8, 4) is 17.6 Å². The lowest BCUT2D eigenvalue weighted by Crippen LogP contribution is -2.25. The Kier molecular flexibility index (Phi) is 8.60. The normalized spacial score (nSPS) is 16.1. The van der Waals surface area contributed by atoms with Gasteiger partial charge in [0.2, 0.25) is 5.88 Å². The van der Waals surface area contributed by atoms with Crippen molar-refractivity contribution in [3.63, 3.8) is 0 Å². The molecule has 0 aliphatic carbocycles. The molecule has 0 aromatic heterocycles. The van der Waals surface area contributed by atoms with Crippen molar-refractivity contribution in [1.29, 1.82) is 5.26 Å². The van der Waals surface area contributed by atoms with Crippen LogP contribution in [0.25, 0.3) is 0 Å². The molecule has 0 radical (unpaired) electrons. The molecule has 1 aromatic rings. The number of ether oxygens (including phenoxy) is 4. The van der Waals surface area contributed by atoms with Crippen LogP contribution in [-0.2, 0) is 14.3 Å². The maximum absolute atomic E-state index is 12.7. The topological polar surface area (TPSA) is 104 Å². The molecule has 162 valence electrons. The SMILES string of the molecule is CCCCOc1c(Br)cc(C2C(C#N)=C(N)OC(C)=C2C(=O)OCC)cc1OCC. The van der Waals surface area contributed by atoms with E-state index in [0.29, 0.717) is 40.5 Å². The number of halogens is 1. The zero-order chi connectivity index (χ0) is 22.3. The number of rotatable bonds is 9. The van der Waals surface area contributed by atoms with Crippen LogP contribution in [0.5, 0.6) is 11.5 Å². The number of carbonyl (C=O) groups is 1. The smallest absolute Gasteiger partial charge is 0.338 e. The van der Waals surface area contributed by atoms with Crippen LogP contribution in [0, 0.1) is 11.3 Å². The van der Waals surface area contributed by atoms with Crippen LogP contribution in [0.15, 0.2) is 39.4 Å². The molecule has 1 aliphatic heterocycles. The molecule has 7 nitrogen and oxygen atoms in total. The first-order chi connectivity index (χ1) is 14.4. The molecule has 2 rings (SSSR count). The number of nitrogens with zero attached hydrogens (tertiary/aromatic N) is 1. The Morgan fingerprint density at radius 1 is 1.27 bits per heavy atom. The lowest BCUT2D eigenvalue weighted by atomic mass is 9.83. The molecule has 1 aliphatic rings. The lowest BCUT2D eigenvalue weighted by molar-refractivity contribution is -0.139. The van der Waals surface area contributed by atoms with Gasteiger partial charge in [-0.15, -0.1) is 0 Å². The third kappa shape index (κ3) is 5.08. The highest BCUT2D eigenvalue weighted by molar-refractivity contribution is 9.10. The first-order valence-corrected chi connectivity index (χ1v) is 10.7. The van der Waals surface area contributed by atoms with Crippen molar-refractivity contribution in [2.24, 2.45) is 5.73 Å². The van der Waals surface area contributed by atoms with Gasteiger partial charge < -0.3 is 24.7 Å². The Morgan fingerprint density at radius 2 is 2.00 bits per heavy atom. The number of hydrogen-bond acceptors (Lipinski definition) is 7. The summed E-state index contributed by atoms with van der Waals surface area (Å²) in [5.74, 6) is 0.0504. The van der Waals surface area contributed by atoms with Crippen molar-refractivity contribution in [1.82, 2.24) is 0 Å². The zero-order valence-corrected chi connectivity index (χ0v) is 19.3. The van der Waals surface area contributed by atoms with Gasteiger partial charge in [-0.25, -0.2) is 4.79 Å². The molecule has 1 heterocycles. The number of unbranched alkanes of at least 4 members (excludes halogenated alkanes) is 1. The lowest BCUT2D eigenvalue weighted by Gasteiger charge is -2.27. The fourth-order valence-electron chi connectivity index (χ4n) is 3.16. The molecule has 0 saturated carbocycles. The third-order valence-electron chi connectivity index (χ3n) is 4.51. The molecule has 0 fully saturated rings. The monoisotopic (exact) mass is 478 g/mol. The second kappa shape index (κ2) is 10.9. The van der Waals surface area contributed by atoms with Crippen LogP contribution in [0.4, 0.5) is 0 Å². The molecule has 8 heteroatoms. The van der Waals surface area contributed by atoms with E-state index >= 15 is 0 Å². The van der Waals surface area contributed by atoms with Crippen molar-refractivity contribution >= 4 is 21.9 Å². The number of nitriles is 1. The minimum atomic E-state index is -0.747. The van der Waals surface area contributed by atoms with Crippen LogP contribution in [-0.4, -0.2) is 25.8 Å². The van der Waals surface area contributed by atoms with Crippen LogP contribution < -0.4 is 15.2 Å². The van der Waals surface area contributed by atoms with Gasteiger partial charge in [-0.05, 0) is 60.8 Å². The van der Waals surface area contributed by atoms with Gasteiger partial charge in [0.05, 0.1) is 35.8 Å². The van der Waals surface area contributed by atoms with Crippen LogP contribution in [0.1, 0.15) is 52.0 Å². The predicted molar refractivity (Wildman–Crippen MR) is 116 cm³/mol. The van der Waals surface area contributed by atoms with Gasteiger partial charge in [-0.3, -0.25) is 0 Å². The first-order valence-electron chi connectivity index (χ1n) is 9.93. The highest BCUT2D eigenvalue weighted by atomic mass is 79.9. The molecule has 0 saturated heterocycles. The minimum absolute atomic E-state index is 0.0367. The highest BCUT2D eigenvalue weighted by Crippen LogP contribution is 2.45. The van der Waals surface area contributed by atoms with Gasteiger partial charge in [0.15, 0.2) is 11.5 Å². The minimum Gasteiger partial charge on any atom is -0.490 e. The molecule has 2 N–H and O–H groups in total. The van der Waals surface area contributed by atoms with Crippen molar-refractivity contribution in [3.05, 3.63) is 45.0 Å². The highest BCUT2D eigenvalue weighted by Gasteiger charge is 2.37. The van der Waals surface area contributed by atoms with Crippen molar-refractivity contribution in [2.75, 3.05) is 19.8 Å². The second-order valence-corrected chi connectivity index (χ2v) is 7.43. The van der Waals surface area contributed by atoms with E-state index in [1.54, 1.807) is 26.0 Å². The Bertz CT molecular complexity index is 902. The molecular weight excluding hydrogens is 452 g/mol. The molecule has 1 atom stereocenters. The van der Waals surface area contributed by atoms with Crippen LogP contribution in [0.2, 0.25) is 0 Å². The third-order valence-corrected chi connectivity index (χ3v) is 5.10. The molecule has 1 aromatic carbocycles. The van der Waals surface area contributed by atoms with Crippen LogP contribution in [0.3, 0.4) is 0 Å². The maximum atomic E-state index is 12.7. The molecule has 0 spiro atoms. The van der Waals surface area contributed by atoms with Gasteiger partial charge in [0, 0.05) is 0 Å². The van der Waals surface area contributed by atoms with Gasteiger partial charge in [-0.2, -0.15) is 5.26 Å². The second-order valence-electron chi connectivity index (χ2n) is 6.58. The molecule has 1 unspecified atom stereocenters. The Labute approximate surface area is 185 Å².